The molecule has 1 aliphatic rings. The summed E-state index contributed by atoms with van der Waals surface area (Å²) in [6.07, 6.45) is 2.48. The number of hydrogen-bond donors (Lipinski definition) is 1. The van der Waals surface area contributed by atoms with Crippen molar-refractivity contribution in [3.05, 3.63) is 33.8 Å². The molecule has 3 unspecified atom stereocenters. The molecule has 106 valence electrons. The fourth-order valence-corrected chi connectivity index (χ4v) is 3.10. The van der Waals surface area contributed by atoms with Crippen LogP contribution in [0, 0.1) is 5.92 Å². The summed E-state index contributed by atoms with van der Waals surface area (Å²) in [5, 5.41) is 4.88. The van der Waals surface area contributed by atoms with Crippen molar-refractivity contribution in [3.63, 3.8) is 0 Å². The van der Waals surface area contributed by atoms with Gasteiger partial charge in [-0.05, 0) is 37.9 Å². The highest BCUT2D eigenvalue weighted by molar-refractivity contribution is 6.42. The zero-order valence-electron chi connectivity index (χ0n) is 11.5. The molecule has 1 saturated heterocycles. The Bertz CT molecular complexity index is 425. The maximum absolute atomic E-state index is 6.37. The second kappa shape index (κ2) is 6.94. The molecule has 0 radical (unpaired) electrons. The lowest BCUT2D eigenvalue weighted by molar-refractivity contribution is 0.117. The molecular formula is C15H21Cl2NO. The van der Waals surface area contributed by atoms with E-state index >= 15 is 0 Å². The smallest absolute Gasteiger partial charge is 0.0640 e. The van der Waals surface area contributed by atoms with E-state index in [9.17, 15) is 0 Å². The summed E-state index contributed by atoms with van der Waals surface area (Å²) in [5.74, 6) is 0.456. The Balaban J connectivity index is 2.23. The summed E-state index contributed by atoms with van der Waals surface area (Å²) in [6.45, 7) is 6.04. The largest absolute Gasteiger partial charge is 0.378 e. The van der Waals surface area contributed by atoms with Gasteiger partial charge in [0.1, 0.15) is 0 Å². The Morgan fingerprint density at radius 1 is 1.42 bits per heavy atom. The van der Waals surface area contributed by atoms with Gasteiger partial charge in [-0.1, -0.05) is 42.3 Å². The Hall–Kier alpha value is -0.280. The Kier molecular flexibility index (Phi) is 5.52. The van der Waals surface area contributed by atoms with Crippen molar-refractivity contribution in [1.82, 2.24) is 5.32 Å². The second-order valence-corrected chi connectivity index (χ2v) is 6.00. The molecule has 2 rings (SSSR count). The maximum atomic E-state index is 6.37. The molecule has 1 heterocycles. The Morgan fingerprint density at radius 2 is 2.21 bits per heavy atom. The molecule has 2 nitrogen and oxygen atoms in total. The SMILES string of the molecule is CCCNC(c1cccc(Cl)c1Cl)C1COC(C)C1. The fourth-order valence-electron chi connectivity index (χ4n) is 2.67. The molecule has 0 aliphatic carbocycles. The number of nitrogens with one attached hydrogen (secondary N) is 1. The van der Waals surface area contributed by atoms with Gasteiger partial charge in [-0.25, -0.2) is 0 Å². The van der Waals surface area contributed by atoms with Crippen molar-refractivity contribution >= 4 is 23.2 Å². The quantitative estimate of drug-likeness (QED) is 0.867. The third-order valence-electron chi connectivity index (χ3n) is 3.63. The van der Waals surface area contributed by atoms with E-state index in [0.717, 1.165) is 31.6 Å². The molecule has 0 spiro atoms. The molecule has 0 aromatic heterocycles. The number of rotatable bonds is 5. The van der Waals surface area contributed by atoms with Crippen LogP contribution < -0.4 is 5.32 Å². The van der Waals surface area contributed by atoms with Crippen LogP contribution in [0.15, 0.2) is 18.2 Å². The van der Waals surface area contributed by atoms with E-state index in [-0.39, 0.29) is 6.04 Å². The van der Waals surface area contributed by atoms with Crippen LogP contribution in [-0.4, -0.2) is 19.3 Å². The fraction of sp³-hybridized carbons (Fsp3) is 0.600. The predicted molar refractivity (Wildman–Crippen MR) is 81.0 cm³/mol. The van der Waals surface area contributed by atoms with E-state index in [2.05, 4.69) is 25.2 Å². The molecule has 1 aromatic rings. The minimum Gasteiger partial charge on any atom is -0.378 e. The molecule has 0 bridgehead atoms. The van der Waals surface area contributed by atoms with Gasteiger partial charge in [-0.15, -0.1) is 0 Å². The third-order valence-corrected chi connectivity index (χ3v) is 4.47. The highest BCUT2D eigenvalue weighted by Crippen LogP contribution is 2.37. The average Bonchev–Trinajstić information content (AvgIpc) is 2.81. The molecule has 0 saturated carbocycles. The first-order chi connectivity index (χ1) is 9.13. The number of benzene rings is 1. The zero-order valence-corrected chi connectivity index (χ0v) is 13.0. The first-order valence-corrected chi connectivity index (χ1v) is 7.68. The van der Waals surface area contributed by atoms with E-state index in [4.69, 9.17) is 27.9 Å². The molecule has 1 N–H and O–H groups in total. The molecule has 0 amide bonds. The van der Waals surface area contributed by atoms with Gasteiger partial charge in [0.05, 0.1) is 22.8 Å². The van der Waals surface area contributed by atoms with E-state index in [1.54, 1.807) is 0 Å². The van der Waals surface area contributed by atoms with E-state index in [0.29, 0.717) is 22.1 Å². The van der Waals surface area contributed by atoms with Gasteiger partial charge in [0, 0.05) is 12.0 Å². The maximum Gasteiger partial charge on any atom is 0.0640 e. The second-order valence-electron chi connectivity index (χ2n) is 5.21. The van der Waals surface area contributed by atoms with Gasteiger partial charge in [0.2, 0.25) is 0 Å². The van der Waals surface area contributed by atoms with Crippen LogP contribution in [0.4, 0.5) is 0 Å². The summed E-state index contributed by atoms with van der Waals surface area (Å²) >= 11 is 12.5. The van der Waals surface area contributed by atoms with Gasteiger partial charge in [0.15, 0.2) is 0 Å². The Morgan fingerprint density at radius 3 is 2.84 bits per heavy atom. The zero-order chi connectivity index (χ0) is 13.8. The molecule has 1 aromatic carbocycles. The predicted octanol–water partition coefficient (Wildman–Crippen LogP) is 4.46. The van der Waals surface area contributed by atoms with Crippen LogP contribution in [0.5, 0.6) is 0 Å². The van der Waals surface area contributed by atoms with Crippen LogP contribution in [0.3, 0.4) is 0 Å². The third kappa shape index (κ3) is 3.63. The minimum absolute atomic E-state index is 0.219. The first kappa shape index (κ1) is 15.1. The highest BCUT2D eigenvalue weighted by Gasteiger charge is 2.31. The number of halogens is 2. The standard InChI is InChI=1S/C15H21Cl2NO/c1-3-7-18-15(11-8-10(2)19-9-11)12-5-4-6-13(16)14(12)17/h4-6,10-11,15,18H,3,7-9H2,1-2H3. The van der Waals surface area contributed by atoms with Gasteiger partial charge >= 0.3 is 0 Å². The molecule has 1 aliphatic heterocycles. The van der Waals surface area contributed by atoms with Crippen LogP contribution in [0.25, 0.3) is 0 Å². The summed E-state index contributed by atoms with van der Waals surface area (Å²) in [7, 11) is 0. The van der Waals surface area contributed by atoms with Crippen LogP contribution in [-0.2, 0) is 4.74 Å². The van der Waals surface area contributed by atoms with Crippen molar-refractivity contribution in [2.24, 2.45) is 5.92 Å². The van der Waals surface area contributed by atoms with Crippen LogP contribution in [0.1, 0.15) is 38.3 Å². The summed E-state index contributed by atoms with van der Waals surface area (Å²) < 4.78 is 5.70. The lowest BCUT2D eigenvalue weighted by Gasteiger charge is -2.25. The molecule has 19 heavy (non-hydrogen) atoms. The first-order valence-electron chi connectivity index (χ1n) is 6.92. The van der Waals surface area contributed by atoms with Crippen molar-refractivity contribution in [2.75, 3.05) is 13.2 Å². The monoisotopic (exact) mass is 301 g/mol. The lowest BCUT2D eigenvalue weighted by Crippen LogP contribution is -2.29. The van der Waals surface area contributed by atoms with Crippen LogP contribution in [0.2, 0.25) is 10.0 Å². The molecule has 1 fully saturated rings. The number of hydrogen-bond acceptors (Lipinski definition) is 2. The number of ether oxygens (including phenoxy) is 1. The van der Waals surface area contributed by atoms with Gasteiger partial charge in [-0.3, -0.25) is 0 Å². The lowest BCUT2D eigenvalue weighted by atomic mass is 9.91. The van der Waals surface area contributed by atoms with Gasteiger partial charge < -0.3 is 10.1 Å². The average molecular weight is 302 g/mol. The van der Waals surface area contributed by atoms with Crippen molar-refractivity contribution in [3.8, 4) is 0 Å². The molecular weight excluding hydrogens is 281 g/mol. The van der Waals surface area contributed by atoms with Gasteiger partial charge in [-0.2, -0.15) is 0 Å². The van der Waals surface area contributed by atoms with Crippen LogP contribution >= 0.6 is 23.2 Å². The van der Waals surface area contributed by atoms with E-state index in [1.807, 2.05) is 12.1 Å². The van der Waals surface area contributed by atoms with E-state index in [1.165, 1.54) is 0 Å². The highest BCUT2D eigenvalue weighted by atomic mass is 35.5. The van der Waals surface area contributed by atoms with Crippen molar-refractivity contribution in [1.29, 1.82) is 0 Å². The normalized spacial score (nSPS) is 24.6. The summed E-state index contributed by atoms with van der Waals surface area (Å²) in [5.41, 5.74) is 1.09. The topological polar surface area (TPSA) is 21.3 Å². The molecule has 3 atom stereocenters. The van der Waals surface area contributed by atoms with Crippen molar-refractivity contribution in [2.45, 2.75) is 38.8 Å². The van der Waals surface area contributed by atoms with Gasteiger partial charge in [0.25, 0.3) is 0 Å². The Labute approximate surface area is 125 Å². The summed E-state index contributed by atoms with van der Waals surface area (Å²) in [4.78, 5) is 0. The summed E-state index contributed by atoms with van der Waals surface area (Å²) in [6, 6.07) is 6.07. The van der Waals surface area contributed by atoms with Crippen molar-refractivity contribution < 1.29 is 4.74 Å². The van der Waals surface area contributed by atoms with E-state index < -0.39 is 0 Å². The molecule has 4 heteroatoms. The minimum atomic E-state index is 0.219.